The number of rotatable bonds is 3. The molecular weight excluding hydrogens is 254 g/mol. The first-order chi connectivity index (χ1) is 9.54. The normalized spacial score (nSPS) is 34.8. The van der Waals surface area contributed by atoms with Gasteiger partial charge in [-0.2, -0.15) is 0 Å². The zero-order valence-corrected chi connectivity index (χ0v) is 12.7. The summed E-state index contributed by atoms with van der Waals surface area (Å²) < 4.78 is 0. The molecule has 0 aromatic carbocycles. The fraction of sp³-hybridized carbons (Fsp3) is 0.875. The van der Waals surface area contributed by atoms with Gasteiger partial charge in [0.15, 0.2) is 0 Å². The lowest BCUT2D eigenvalue weighted by molar-refractivity contribution is -0.150. The summed E-state index contributed by atoms with van der Waals surface area (Å²) in [7, 11) is 0. The molecule has 2 aliphatic rings. The van der Waals surface area contributed by atoms with E-state index in [1.165, 1.54) is 12.8 Å². The maximum absolute atomic E-state index is 12.8. The molecule has 114 valence electrons. The number of carbonyl (C=O) groups is 2. The van der Waals surface area contributed by atoms with Gasteiger partial charge in [-0.1, -0.05) is 26.2 Å². The van der Waals surface area contributed by atoms with E-state index in [-0.39, 0.29) is 17.9 Å². The summed E-state index contributed by atoms with van der Waals surface area (Å²) in [5, 5.41) is 9.39. The molecule has 0 aromatic heterocycles. The standard InChI is InChI=1S/C16H27NO3/c1-3-12-9-13(14(10-12)16(19)20)15(18)17-8-6-4-5-7-11(17)2/h11-14H,3-10H2,1-2H3,(H,19,20). The molecule has 4 atom stereocenters. The van der Waals surface area contributed by atoms with Crippen molar-refractivity contribution in [3.05, 3.63) is 0 Å². The highest BCUT2D eigenvalue weighted by molar-refractivity contribution is 5.85. The minimum absolute atomic E-state index is 0.0998. The Kier molecular flexibility index (Phi) is 5.06. The van der Waals surface area contributed by atoms with Crippen LogP contribution in [-0.4, -0.2) is 34.5 Å². The molecule has 1 heterocycles. The van der Waals surface area contributed by atoms with Crippen molar-refractivity contribution >= 4 is 11.9 Å². The van der Waals surface area contributed by atoms with E-state index in [0.717, 1.165) is 32.2 Å². The van der Waals surface area contributed by atoms with Gasteiger partial charge in [0.2, 0.25) is 5.91 Å². The second-order valence-electron chi connectivity index (χ2n) is 6.53. The number of hydrogen-bond donors (Lipinski definition) is 1. The van der Waals surface area contributed by atoms with Crippen LogP contribution >= 0.6 is 0 Å². The van der Waals surface area contributed by atoms with Crippen molar-refractivity contribution in [2.75, 3.05) is 6.54 Å². The highest BCUT2D eigenvalue weighted by atomic mass is 16.4. The predicted molar refractivity (Wildman–Crippen MR) is 77.3 cm³/mol. The second kappa shape index (κ2) is 6.59. The molecule has 1 aliphatic carbocycles. The van der Waals surface area contributed by atoms with Gasteiger partial charge in [-0.05, 0) is 38.5 Å². The zero-order chi connectivity index (χ0) is 14.7. The summed E-state index contributed by atoms with van der Waals surface area (Å²) in [5.41, 5.74) is 0. The molecule has 1 N–H and O–H groups in total. The summed E-state index contributed by atoms with van der Waals surface area (Å²) in [6.45, 7) is 5.00. The number of carboxylic acid groups (broad SMARTS) is 1. The number of hydrogen-bond acceptors (Lipinski definition) is 2. The first-order valence-corrected chi connectivity index (χ1v) is 8.07. The maximum Gasteiger partial charge on any atom is 0.307 e. The molecule has 2 fully saturated rings. The first-order valence-electron chi connectivity index (χ1n) is 8.07. The quantitative estimate of drug-likeness (QED) is 0.865. The van der Waals surface area contributed by atoms with Crippen LogP contribution in [-0.2, 0) is 9.59 Å². The molecule has 0 aromatic rings. The monoisotopic (exact) mass is 281 g/mol. The van der Waals surface area contributed by atoms with Crippen molar-refractivity contribution in [1.82, 2.24) is 4.90 Å². The van der Waals surface area contributed by atoms with Crippen molar-refractivity contribution in [3.63, 3.8) is 0 Å². The molecular formula is C16H27NO3. The molecule has 2 rings (SSSR count). The number of aliphatic carboxylic acids is 1. The Hall–Kier alpha value is -1.06. The molecule has 0 bridgehead atoms. The molecule has 4 heteroatoms. The van der Waals surface area contributed by atoms with E-state index in [4.69, 9.17) is 0 Å². The largest absolute Gasteiger partial charge is 0.481 e. The summed E-state index contributed by atoms with van der Waals surface area (Å²) in [5.74, 6) is -1.06. The second-order valence-corrected chi connectivity index (χ2v) is 6.53. The topological polar surface area (TPSA) is 57.6 Å². The molecule has 20 heavy (non-hydrogen) atoms. The number of likely N-dealkylation sites (tertiary alicyclic amines) is 1. The Morgan fingerprint density at radius 2 is 1.85 bits per heavy atom. The van der Waals surface area contributed by atoms with Gasteiger partial charge in [0.1, 0.15) is 0 Å². The molecule has 0 spiro atoms. The summed E-state index contributed by atoms with van der Waals surface area (Å²) >= 11 is 0. The third-order valence-electron chi connectivity index (χ3n) is 5.21. The lowest BCUT2D eigenvalue weighted by Crippen LogP contribution is -2.44. The van der Waals surface area contributed by atoms with Crippen LogP contribution in [0.4, 0.5) is 0 Å². The maximum atomic E-state index is 12.8. The van der Waals surface area contributed by atoms with Crippen molar-refractivity contribution in [3.8, 4) is 0 Å². The average molecular weight is 281 g/mol. The van der Waals surface area contributed by atoms with Crippen LogP contribution < -0.4 is 0 Å². The van der Waals surface area contributed by atoms with Crippen LogP contribution in [0.3, 0.4) is 0 Å². The Labute approximate surface area is 121 Å². The zero-order valence-electron chi connectivity index (χ0n) is 12.7. The summed E-state index contributed by atoms with van der Waals surface area (Å²) in [6.07, 6.45) is 6.86. The lowest BCUT2D eigenvalue weighted by atomic mass is 9.94. The first kappa shape index (κ1) is 15.3. The summed E-state index contributed by atoms with van der Waals surface area (Å²) in [6, 6.07) is 0.264. The molecule has 1 saturated carbocycles. The van der Waals surface area contributed by atoms with Gasteiger partial charge in [0.25, 0.3) is 0 Å². The van der Waals surface area contributed by atoms with Crippen LogP contribution in [0.15, 0.2) is 0 Å². The Bertz CT molecular complexity index is 369. The van der Waals surface area contributed by atoms with E-state index in [1.807, 2.05) is 4.90 Å². The molecule has 4 nitrogen and oxygen atoms in total. The highest BCUT2D eigenvalue weighted by Gasteiger charge is 2.44. The Morgan fingerprint density at radius 3 is 2.50 bits per heavy atom. The molecule has 0 radical (unpaired) electrons. The van der Waals surface area contributed by atoms with E-state index < -0.39 is 11.9 Å². The minimum atomic E-state index is -0.790. The lowest BCUT2D eigenvalue weighted by Gasteiger charge is -2.31. The summed E-state index contributed by atoms with van der Waals surface area (Å²) in [4.78, 5) is 26.2. The third-order valence-corrected chi connectivity index (χ3v) is 5.21. The third kappa shape index (κ3) is 3.15. The van der Waals surface area contributed by atoms with Crippen molar-refractivity contribution in [1.29, 1.82) is 0 Å². The van der Waals surface area contributed by atoms with Crippen molar-refractivity contribution in [2.45, 2.75) is 64.8 Å². The van der Waals surface area contributed by atoms with Crippen LogP contribution in [0.25, 0.3) is 0 Å². The number of amides is 1. The number of carboxylic acids is 1. The Morgan fingerprint density at radius 1 is 1.15 bits per heavy atom. The van der Waals surface area contributed by atoms with Crippen molar-refractivity contribution < 1.29 is 14.7 Å². The SMILES string of the molecule is CCC1CC(C(=O)O)C(C(=O)N2CCCCCC2C)C1. The van der Waals surface area contributed by atoms with Gasteiger partial charge in [-0.25, -0.2) is 0 Å². The van der Waals surface area contributed by atoms with Gasteiger partial charge >= 0.3 is 5.97 Å². The van der Waals surface area contributed by atoms with E-state index >= 15 is 0 Å². The number of nitrogens with zero attached hydrogens (tertiary/aromatic N) is 1. The minimum Gasteiger partial charge on any atom is -0.481 e. The van der Waals surface area contributed by atoms with Crippen LogP contribution in [0, 0.1) is 17.8 Å². The van der Waals surface area contributed by atoms with Gasteiger partial charge in [-0.15, -0.1) is 0 Å². The van der Waals surface area contributed by atoms with Gasteiger partial charge < -0.3 is 10.0 Å². The van der Waals surface area contributed by atoms with Crippen LogP contribution in [0.5, 0.6) is 0 Å². The van der Waals surface area contributed by atoms with Gasteiger partial charge in [0, 0.05) is 12.6 Å². The average Bonchev–Trinajstić information content (AvgIpc) is 2.75. The molecule has 4 unspecified atom stereocenters. The fourth-order valence-electron chi connectivity index (χ4n) is 3.84. The molecule has 1 amide bonds. The smallest absolute Gasteiger partial charge is 0.307 e. The molecule has 1 saturated heterocycles. The molecule has 1 aliphatic heterocycles. The van der Waals surface area contributed by atoms with Crippen molar-refractivity contribution in [2.24, 2.45) is 17.8 Å². The highest BCUT2D eigenvalue weighted by Crippen LogP contribution is 2.40. The van der Waals surface area contributed by atoms with E-state index in [2.05, 4.69) is 13.8 Å². The fourth-order valence-corrected chi connectivity index (χ4v) is 3.84. The number of carbonyl (C=O) groups excluding carboxylic acids is 1. The Balaban J connectivity index is 2.11. The predicted octanol–water partition coefficient (Wildman–Crippen LogP) is 2.91. The van der Waals surface area contributed by atoms with Gasteiger partial charge in [-0.3, -0.25) is 9.59 Å². The van der Waals surface area contributed by atoms with Crippen LogP contribution in [0.2, 0.25) is 0 Å². The van der Waals surface area contributed by atoms with E-state index in [0.29, 0.717) is 12.3 Å². The van der Waals surface area contributed by atoms with Crippen LogP contribution in [0.1, 0.15) is 58.8 Å². The van der Waals surface area contributed by atoms with E-state index in [9.17, 15) is 14.7 Å². The van der Waals surface area contributed by atoms with Gasteiger partial charge in [0.05, 0.1) is 11.8 Å². The van der Waals surface area contributed by atoms with E-state index in [1.54, 1.807) is 0 Å².